The van der Waals surface area contributed by atoms with Crippen molar-refractivity contribution in [2.45, 2.75) is 56.3 Å². The van der Waals surface area contributed by atoms with Crippen molar-refractivity contribution >= 4 is 53.2 Å². The van der Waals surface area contributed by atoms with Crippen LogP contribution in [0.25, 0.3) is 10.9 Å². The SMILES string of the molecule is NC(CCC(=O)O)C(=O)N1CCCC1C(=O)NC(Cc1c[nH]c2ccccc12)C(=O)NC(CS)C(=O)O. The fourth-order valence-corrected chi connectivity index (χ4v) is 4.62. The summed E-state index contributed by atoms with van der Waals surface area (Å²) < 4.78 is 0. The van der Waals surface area contributed by atoms with E-state index in [-0.39, 0.29) is 31.6 Å². The van der Waals surface area contributed by atoms with E-state index in [2.05, 4.69) is 28.2 Å². The number of carbonyl (C=O) groups is 5. The molecule has 1 aromatic carbocycles. The molecule has 4 atom stereocenters. The summed E-state index contributed by atoms with van der Waals surface area (Å²) >= 11 is 3.98. The number of aliphatic carboxylic acids is 2. The predicted octanol–water partition coefficient (Wildman–Crippen LogP) is -0.122. The molecule has 12 nitrogen and oxygen atoms in total. The Bertz CT molecular complexity index is 1170. The van der Waals surface area contributed by atoms with Crippen molar-refractivity contribution < 1.29 is 34.2 Å². The van der Waals surface area contributed by atoms with Crippen LogP contribution in [0, 0.1) is 0 Å². The lowest BCUT2D eigenvalue weighted by Crippen LogP contribution is -2.57. The number of H-pyrrole nitrogens is 1. The molecule has 37 heavy (non-hydrogen) atoms. The minimum absolute atomic E-state index is 0.0646. The van der Waals surface area contributed by atoms with Gasteiger partial charge in [-0.15, -0.1) is 0 Å². The van der Waals surface area contributed by atoms with E-state index >= 15 is 0 Å². The molecule has 0 radical (unpaired) electrons. The third-order valence-electron chi connectivity index (χ3n) is 6.35. The normalized spacial score (nSPS) is 17.7. The Hall–Kier alpha value is -3.58. The summed E-state index contributed by atoms with van der Waals surface area (Å²) in [6.07, 6.45) is 2.33. The Balaban J connectivity index is 1.79. The number of nitrogens with two attached hydrogens (primary N) is 1. The van der Waals surface area contributed by atoms with Crippen molar-refractivity contribution in [3.63, 3.8) is 0 Å². The standard InChI is InChI=1S/C24H31N5O7S/c25-15(7-8-20(30)31)23(34)29-9-3-6-19(29)22(33)27-17(21(32)28-18(12-37)24(35)36)10-13-11-26-16-5-2-1-4-14(13)16/h1-2,4-5,11,15,17-19,26,37H,3,6-10,12,25H2,(H,27,33)(H,28,32)(H,30,31)(H,35,36). The minimum atomic E-state index is -1.26. The van der Waals surface area contributed by atoms with Crippen LogP contribution in [0.3, 0.4) is 0 Å². The zero-order chi connectivity index (χ0) is 27.1. The van der Waals surface area contributed by atoms with Crippen LogP contribution in [0.5, 0.6) is 0 Å². The molecular formula is C24H31N5O7S. The predicted molar refractivity (Wildman–Crippen MR) is 137 cm³/mol. The van der Waals surface area contributed by atoms with Gasteiger partial charge in [0.15, 0.2) is 0 Å². The largest absolute Gasteiger partial charge is 0.481 e. The highest BCUT2D eigenvalue weighted by Crippen LogP contribution is 2.22. The third-order valence-corrected chi connectivity index (χ3v) is 6.72. The number of nitrogens with zero attached hydrogens (tertiary/aromatic N) is 1. The average molecular weight is 534 g/mol. The number of thiol groups is 1. The summed E-state index contributed by atoms with van der Waals surface area (Å²) in [4.78, 5) is 65.9. The molecule has 2 aromatic rings. The van der Waals surface area contributed by atoms with E-state index in [0.29, 0.717) is 12.8 Å². The van der Waals surface area contributed by atoms with Gasteiger partial charge in [-0.1, -0.05) is 18.2 Å². The Morgan fingerprint density at radius 3 is 2.54 bits per heavy atom. The van der Waals surface area contributed by atoms with Crippen molar-refractivity contribution in [2.24, 2.45) is 5.73 Å². The van der Waals surface area contributed by atoms with Crippen molar-refractivity contribution in [2.75, 3.05) is 12.3 Å². The zero-order valence-electron chi connectivity index (χ0n) is 20.1. The molecule has 3 amide bonds. The molecule has 13 heteroatoms. The van der Waals surface area contributed by atoms with Gasteiger partial charge in [0.05, 0.1) is 6.04 Å². The van der Waals surface area contributed by atoms with Crippen molar-refractivity contribution in [3.05, 3.63) is 36.0 Å². The number of nitrogens with one attached hydrogen (secondary N) is 3. The quantitative estimate of drug-likeness (QED) is 0.183. The van der Waals surface area contributed by atoms with Gasteiger partial charge >= 0.3 is 11.9 Å². The molecule has 1 fully saturated rings. The molecule has 3 rings (SSSR count). The van der Waals surface area contributed by atoms with Crippen molar-refractivity contribution in [3.8, 4) is 0 Å². The molecule has 1 aromatic heterocycles. The number of hydrogen-bond acceptors (Lipinski definition) is 7. The number of carboxylic acid groups (broad SMARTS) is 2. The number of aromatic nitrogens is 1. The van der Waals surface area contributed by atoms with Gasteiger partial charge in [0.2, 0.25) is 17.7 Å². The van der Waals surface area contributed by atoms with Crippen LogP contribution < -0.4 is 16.4 Å². The van der Waals surface area contributed by atoms with E-state index in [4.69, 9.17) is 10.8 Å². The average Bonchev–Trinajstić information content (AvgIpc) is 3.52. The maximum absolute atomic E-state index is 13.3. The van der Waals surface area contributed by atoms with Gasteiger partial charge in [-0.05, 0) is 30.9 Å². The first-order chi connectivity index (χ1) is 17.6. The lowest BCUT2D eigenvalue weighted by atomic mass is 10.0. The Morgan fingerprint density at radius 2 is 1.86 bits per heavy atom. The van der Waals surface area contributed by atoms with Crippen LogP contribution in [-0.2, 0) is 30.4 Å². The Morgan fingerprint density at radius 1 is 1.14 bits per heavy atom. The number of carboxylic acids is 2. The molecule has 0 bridgehead atoms. The molecule has 4 unspecified atom stereocenters. The van der Waals surface area contributed by atoms with Crippen LogP contribution in [0.4, 0.5) is 0 Å². The van der Waals surface area contributed by atoms with Gasteiger partial charge < -0.3 is 36.5 Å². The number of para-hydroxylation sites is 1. The molecule has 2 heterocycles. The summed E-state index contributed by atoms with van der Waals surface area (Å²) in [5, 5.41) is 24.1. The fourth-order valence-electron chi connectivity index (χ4n) is 4.37. The van der Waals surface area contributed by atoms with Crippen molar-refractivity contribution in [1.82, 2.24) is 20.5 Å². The Labute approximate surface area is 218 Å². The van der Waals surface area contributed by atoms with Gasteiger partial charge in [-0.25, -0.2) is 4.79 Å². The summed E-state index contributed by atoms with van der Waals surface area (Å²) in [6.45, 7) is 0.276. The summed E-state index contributed by atoms with van der Waals surface area (Å²) in [6, 6.07) is 3.08. The first-order valence-electron chi connectivity index (χ1n) is 11.9. The minimum Gasteiger partial charge on any atom is -0.481 e. The first-order valence-corrected chi connectivity index (χ1v) is 12.5. The maximum Gasteiger partial charge on any atom is 0.327 e. The first kappa shape index (κ1) is 28.0. The second-order valence-corrected chi connectivity index (χ2v) is 9.30. The van der Waals surface area contributed by atoms with Gasteiger partial charge in [0.25, 0.3) is 0 Å². The molecule has 7 N–H and O–H groups in total. The number of carbonyl (C=O) groups excluding carboxylic acids is 3. The summed E-state index contributed by atoms with van der Waals surface area (Å²) in [5.74, 6) is -4.29. The van der Waals surface area contributed by atoms with Crippen LogP contribution in [-0.4, -0.2) is 86.2 Å². The summed E-state index contributed by atoms with van der Waals surface area (Å²) in [7, 11) is 0. The topological polar surface area (TPSA) is 195 Å². The number of hydrogen-bond donors (Lipinski definition) is 7. The highest BCUT2D eigenvalue weighted by Gasteiger charge is 2.38. The summed E-state index contributed by atoms with van der Waals surface area (Å²) in [5.41, 5.74) is 7.46. The van der Waals surface area contributed by atoms with E-state index in [1.165, 1.54) is 4.90 Å². The number of benzene rings is 1. The highest BCUT2D eigenvalue weighted by molar-refractivity contribution is 7.80. The second kappa shape index (κ2) is 12.6. The molecule has 200 valence electrons. The van der Waals surface area contributed by atoms with E-state index in [1.807, 2.05) is 24.3 Å². The maximum atomic E-state index is 13.3. The third kappa shape index (κ3) is 7.01. The Kier molecular flexibility index (Phi) is 9.53. The highest BCUT2D eigenvalue weighted by atomic mass is 32.1. The monoisotopic (exact) mass is 533 g/mol. The van der Waals surface area contributed by atoms with Gasteiger partial charge in [-0.2, -0.15) is 12.6 Å². The van der Waals surface area contributed by atoms with E-state index in [9.17, 15) is 29.1 Å². The molecular weight excluding hydrogens is 502 g/mol. The van der Waals surface area contributed by atoms with E-state index in [0.717, 1.165) is 16.5 Å². The number of aromatic amines is 1. The lowest BCUT2D eigenvalue weighted by molar-refractivity contribution is -0.143. The van der Waals surface area contributed by atoms with Crippen molar-refractivity contribution in [1.29, 1.82) is 0 Å². The van der Waals surface area contributed by atoms with Gasteiger partial charge in [0.1, 0.15) is 18.1 Å². The van der Waals surface area contributed by atoms with Crippen LogP contribution >= 0.6 is 12.6 Å². The molecule has 0 aliphatic carbocycles. The van der Waals surface area contributed by atoms with E-state index < -0.39 is 53.8 Å². The number of amides is 3. The van der Waals surface area contributed by atoms with Gasteiger partial charge in [0, 0.05) is 42.2 Å². The number of rotatable bonds is 12. The van der Waals surface area contributed by atoms with E-state index in [1.54, 1.807) is 6.20 Å². The molecule has 1 saturated heterocycles. The number of fused-ring (bicyclic) bond motifs is 1. The second-order valence-electron chi connectivity index (χ2n) is 8.94. The van der Waals surface area contributed by atoms with Crippen LogP contribution in [0.1, 0.15) is 31.2 Å². The lowest BCUT2D eigenvalue weighted by Gasteiger charge is -2.28. The molecule has 1 aliphatic rings. The fraction of sp³-hybridized carbons (Fsp3) is 0.458. The molecule has 0 spiro atoms. The van der Waals surface area contributed by atoms with Crippen LogP contribution in [0.2, 0.25) is 0 Å². The molecule has 0 saturated carbocycles. The van der Waals surface area contributed by atoms with Gasteiger partial charge in [-0.3, -0.25) is 19.2 Å². The number of likely N-dealkylation sites (tertiary alicyclic amines) is 1. The zero-order valence-corrected chi connectivity index (χ0v) is 20.9. The van der Waals surface area contributed by atoms with Crippen LogP contribution in [0.15, 0.2) is 30.5 Å². The smallest absolute Gasteiger partial charge is 0.327 e. The molecule has 1 aliphatic heterocycles.